The predicted molar refractivity (Wildman–Crippen MR) is 126 cm³/mol. The topological polar surface area (TPSA) is 126 Å². The smallest absolute Gasteiger partial charge is 0.274 e. The number of carbonyl (C=O) groups is 3. The third kappa shape index (κ3) is 4.97. The van der Waals surface area contributed by atoms with Crippen LogP contribution in [-0.2, 0) is 4.79 Å². The van der Waals surface area contributed by atoms with Crippen molar-refractivity contribution in [1.82, 2.24) is 15.0 Å². The van der Waals surface area contributed by atoms with Crippen LogP contribution in [0.5, 0.6) is 0 Å². The number of nitrogens with one attached hydrogen (secondary N) is 3. The Kier molecular flexibility index (Phi) is 6.81. The van der Waals surface area contributed by atoms with E-state index in [1.165, 1.54) is 11.3 Å². The van der Waals surface area contributed by atoms with Gasteiger partial charge in [-0.25, -0.2) is 0 Å². The molecule has 0 spiro atoms. The van der Waals surface area contributed by atoms with Crippen LogP contribution in [0.3, 0.4) is 0 Å². The Hall–Kier alpha value is -3.24. The summed E-state index contributed by atoms with van der Waals surface area (Å²) < 4.78 is 4.09. The molecule has 1 aliphatic rings. The number of nitrogen functional groups attached to an aromatic ring is 1. The Morgan fingerprint density at radius 1 is 1.03 bits per heavy atom. The SMILES string of the molecule is Nc1c(C(=O)NC(C(=O)NC2CCCC2)c2cccs2)nsc1C(=O)Nc1ccccc1. The molecule has 3 amide bonds. The van der Waals surface area contributed by atoms with Crippen LogP contribution in [0, 0.1) is 0 Å². The van der Waals surface area contributed by atoms with E-state index in [1.807, 2.05) is 17.5 Å². The molecule has 5 N–H and O–H groups in total. The molecule has 0 aliphatic heterocycles. The van der Waals surface area contributed by atoms with Crippen LogP contribution in [-0.4, -0.2) is 28.1 Å². The minimum Gasteiger partial charge on any atom is -0.395 e. The summed E-state index contributed by atoms with van der Waals surface area (Å²) in [7, 11) is 0. The number of anilines is 2. The van der Waals surface area contributed by atoms with Crippen molar-refractivity contribution < 1.29 is 14.4 Å². The van der Waals surface area contributed by atoms with Gasteiger partial charge in [-0.3, -0.25) is 14.4 Å². The molecule has 1 unspecified atom stereocenters. The third-order valence-corrected chi connectivity index (χ3v) is 7.05. The van der Waals surface area contributed by atoms with Crippen molar-refractivity contribution in [2.75, 3.05) is 11.1 Å². The van der Waals surface area contributed by atoms with Gasteiger partial charge in [-0.15, -0.1) is 11.3 Å². The Morgan fingerprint density at radius 2 is 1.78 bits per heavy atom. The molecule has 3 aromatic rings. The first-order valence-corrected chi connectivity index (χ1v) is 11.9. The molecule has 8 nitrogen and oxygen atoms in total. The Morgan fingerprint density at radius 3 is 2.47 bits per heavy atom. The van der Waals surface area contributed by atoms with E-state index < -0.39 is 17.9 Å². The zero-order chi connectivity index (χ0) is 22.5. The molecular weight excluding hydrogens is 446 g/mol. The van der Waals surface area contributed by atoms with Crippen LogP contribution in [0.1, 0.15) is 56.8 Å². The lowest BCUT2D eigenvalue weighted by Gasteiger charge is -2.20. The first-order chi connectivity index (χ1) is 15.5. The largest absolute Gasteiger partial charge is 0.395 e. The first-order valence-electron chi connectivity index (χ1n) is 10.3. The second kappa shape index (κ2) is 9.92. The Bertz CT molecular complexity index is 1090. The maximum absolute atomic E-state index is 13.0. The van der Waals surface area contributed by atoms with Crippen molar-refractivity contribution in [3.05, 3.63) is 63.3 Å². The van der Waals surface area contributed by atoms with Crippen molar-refractivity contribution in [3.8, 4) is 0 Å². The van der Waals surface area contributed by atoms with E-state index in [1.54, 1.807) is 30.3 Å². The van der Waals surface area contributed by atoms with Crippen molar-refractivity contribution in [3.63, 3.8) is 0 Å². The molecule has 0 saturated heterocycles. The van der Waals surface area contributed by atoms with E-state index in [0.717, 1.165) is 37.2 Å². The zero-order valence-electron chi connectivity index (χ0n) is 17.2. The molecule has 10 heteroatoms. The standard InChI is InChI=1S/C22H23N5O3S2/c23-16-18(27-32-19(16)22(30)25-14-7-2-1-3-8-14)21(29)26-17(15-11-6-12-31-15)20(28)24-13-9-4-5-10-13/h1-3,6-8,11-13,17H,4-5,9-10,23H2,(H,24,28)(H,25,30)(H,26,29). The molecule has 1 fully saturated rings. The molecule has 2 heterocycles. The lowest BCUT2D eigenvalue weighted by molar-refractivity contribution is -0.123. The minimum atomic E-state index is -0.856. The van der Waals surface area contributed by atoms with E-state index in [-0.39, 0.29) is 28.2 Å². The van der Waals surface area contributed by atoms with E-state index in [0.29, 0.717) is 10.6 Å². The number of para-hydroxylation sites is 1. The third-order valence-electron chi connectivity index (χ3n) is 5.25. The van der Waals surface area contributed by atoms with Crippen molar-refractivity contribution in [2.45, 2.75) is 37.8 Å². The molecule has 1 aliphatic carbocycles. The molecule has 1 aromatic carbocycles. The zero-order valence-corrected chi connectivity index (χ0v) is 18.8. The summed E-state index contributed by atoms with van der Waals surface area (Å²) in [6, 6.07) is 11.8. The summed E-state index contributed by atoms with van der Waals surface area (Å²) >= 11 is 2.23. The molecule has 1 atom stereocenters. The molecular formula is C22H23N5O3S2. The van der Waals surface area contributed by atoms with E-state index in [2.05, 4.69) is 20.3 Å². The van der Waals surface area contributed by atoms with Gasteiger partial charge in [0, 0.05) is 16.6 Å². The van der Waals surface area contributed by atoms with Crippen LogP contribution < -0.4 is 21.7 Å². The van der Waals surface area contributed by atoms with Gasteiger partial charge in [-0.2, -0.15) is 4.37 Å². The quantitative estimate of drug-likeness (QED) is 0.421. The molecule has 1 saturated carbocycles. The Balaban J connectivity index is 1.48. The fourth-order valence-electron chi connectivity index (χ4n) is 3.61. The molecule has 0 radical (unpaired) electrons. The monoisotopic (exact) mass is 469 g/mol. The number of rotatable bonds is 7. The number of benzene rings is 1. The second-order valence-corrected chi connectivity index (χ2v) is 9.26. The van der Waals surface area contributed by atoms with Crippen molar-refractivity contribution in [2.24, 2.45) is 0 Å². The lowest BCUT2D eigenvalue weighted by atomic mass is 10.1. The number of hydrogen-bond acceptors (Lipinski definition) is 7. The van der Waals surface area contributed by atoms with E-state index >= 15 is 0 Å². The number of hydrogen-bond donors (Lipinski definition) is 4. The van der Waals surface area contributed by atoms with E-state index in [9.17, 15) is 14.4 Å². The molecule has 166 valence electrons. The average molecular weight is 470 g/mol. The van der Waals surface area contributed by atoms with Gasteiger partial charge in [-0.1, -0.05) is 37.1 Å². The number of thiophene rings is 1. The average Bonchev–Trinajstić information content (AvgIpc) is 3.55. The second-order valence-electron chi connectivity index (χ2n) is 7.51. The van der Waals surface area contributed by atoms with Gasteiger partial charge in [0.25, 0.3) is 11.8 Å². The van der Waals surface area contributed by atoms with E-state index in [4.69, 9.17) is 5.73 Å². The summed E-state index contributed by atoms with van der Waals surface area (Å²) in [5.41, 5.74) is 6.62. The van der Waals surface area contributed by atoms with Gasteiger partial charge >= 0.3 is 0 Å². The molecule has 0 bridgehead atoms. The summed E-state index contributed by atoms with van der Waals surface area (Å²) in [4.78, 5) is 39.3. The summed E-state index contributed by atoms with van der Waals surface area (Å²) in [5.74, 6) is -1.31. The fourth-order valence-corrected chi connectivity index (χ4v) is 5.08. The summed E-state index contributed by atoms with van der Waals surface area (Å²) in [6.45, 7) is 0. The van der Waals surface area contributed by atoms with Gasteiger partial charge in [0.05, 0.1) is 5.69 Å². The number of amides is 3. The first kappa shape index (κ1) is 22.0. The van der Waals surface area contributed by atoms with Gasteiger partial charge in [-0.05, 0) is 48.0 Å². The van der Waals surface area contributed by atoms with Crippen LogP contribution in [0.4, 0.5) is 11.4 Å². The van der Waals surface area contributed by atoms with Crippen LogP contribution in [0.15, 0.2) is 47.8 Å². The van der Waals surface area contributed by atoms with Crippen molar-refractivity contribution >= 4 is 52.0 Å². The lowest BCUT2D eigenvalue weighted by Crippen LogP contribution is -2.43. The normalized spacial score (nSPS) is 14.6. The number of nitrogens with two attached hydrogens (primary N) is 1. The van der Waals surface area contributed by atoms with Gasteiger partial charge in [0.2, 0.25) is 5.91 Å². The highest BCUT2D eigenvalue weighted by atomic mass is 32.1. The van der Waals surface area contributed by atoms with Gasteiger partial charge in [0.1, 0.15) is 10.9 Å². The van der Waals surface area contributed by atoms with Crippen LogP contribution in [0.25, 0.3) is 0 Å². The predicted octanol–water partition coefficient (Wildman–Crippen LogP) is 3.57. The number of aromatic nitrogens is 1. The molecule has 4 rings (SSSR count). The van der Waals surface area contributed by atoms with Gasteiger partial charge < -0.3 is 21.7 Å². The maximum atomic E-state index is 13.0. The number of carbonyl (C=O) groups excluding carboxylic acids is 3. The van der Waals surface area contributed by atoms with Gasteiger partial charge in [0.15, 0.2) is 5.69 Å². The fraction of sp³-hybridized carbons (Fsp3) is 0.273. The highest BCUT2D eigenvalue weighted by Gasteiger charge is 2.30. The number of nitrogens with zero attached hydrogens (tertiary/aromatic N) is 1. The minimum absolute atomic E-state index is 0.0120. The highest BCUT2D eigenvalue weighted by molar-refractivity contribution is 7.10. The van der Waals surface area contributed by atoms with Crippen molar-refractivity contribution in [1.29, 1.82) is 0 Å². The maximum Gasteiger partial charge on any atom is 0.274 e. The summed E-state index contributed by atoms with van der Waals surface area (Å²) in [6.07, 6.45) is 4.06. The Labute approximate surface area is 193 Å². The van der Waals surface area contributed by atoms with Crippen LogP contribution >= 0.6 is 22.9 Å². The van der Waals surface area contributed by atoms with Crippen LogP contribution in [0.2, 0.25) is 0 Å². The molecule has 2 aromatic heterocycles. The molecule has 32 heavy (non-hydrogen) atoms. The summed E-state index contributed by atoms with van der Waals surface area (Å²) in [5, 5.41) is 10.4. The highest BCUT2D eigenvalue weighted by Crippen LogP contribution is 2.26.